The second-order valence-corrected chi connectivity index (χ2v) is 4.99. The number of hydrogen-bond donors (Lipinski definition) is 0. The highest BCUT2D eigenvalue weighted by molar-refractivity contribution is 6.30. The number of methoxy groups -OCH3 is 2. The Morgan fingerprint density at radius 1 is 1.19 bits per heavy atom. The second kappa shape index (κ2) is 5.87. The lowest BCUT2D eigenvalue weighted by Gasteiger charge is -2.18. The quantitative estimate of drug-likeness (QED) is 0.816. The van der Waals surface area contributed by atoms with Gasteiger partial charge in [-0.15, -0.1) is 0 Å². The highest BCUT2D eigenvalue weighted by Crippen LogP contribution is 2.33. The van der Waals surface area contributed by atoms with E-state index in [2.05, 4.69) is 9.97 Å². The molecular weight excluding hydrogens is 292 g/mol. The molecule has 0 spiro atoms. The molecule has 0 unspecified atom stereocenters. The fourth-order valence-corrected chi connectivity index (χ4v) is 2.55. The van der Waals surface area contributed by atoms with Crippen LogP contribution in [-0.4, -0.2) is 30.8 Å². The Balaban J connectivity index is 2.14. The van der Waals surface area contributed by atoms with Gasteiger partial charge in [0.15, 0.2) is 5.82 Å². The molecule has 0 aliphatic carbocycles. The van der Waals surface area contributed by atoms with Gasteiger partial charge < -0.3 is 14.2 Å². The number of benzene rings is 1. The first kappa shape index (κ1) is 14.1. The summed E-state index contributed by atoms with van der Waals surface area (Å²) in [5, 5.41) is 0.430. The average Bonchev–Trinajstić information content (AvgIpc) is 2.54. The van der Waals surface area contributed by atoms with Crippen molar-refractivity contribution in [3.05, 3.63) is 34.6 Å². The molecule has 0 fully saturated rings. The molecule has 21 heavy (non-hydrogen) atoms. The molecule has 0 saturated heterocycles. The highest BCUT2D eigenvalue weighted by Gasteiger charge is 2.19. The van der Waals surface area contributed by atoms with Crippen molar-refractivity contribution in [3.8, 4) is 22.9 Å². The van der Waals surface area contributed by atoms with E-state index in [0.717, 1.165) is 23.2 Å². The SMILES string of the molecule is COc1ccc(OC)c(-c2nc(Cl)c3c(n2)CCOC3)c1. The average molecular weight is 307 g/mol. The van der Waals surface area contributed by atoms with E-state index in [4.69, 9.17) is 25.8 Å². The summed E-state index contributed by atoms with van der Waals surface area (Å²) in [6.07, 6.45) is 0.733. The molecule has 0 saturated carbocycles. The molecule has 3 rings (SSSR count). The minimum atomic E-state index is 0.430. The van der Waals surface area contributed by atoms with Crippen LogP contribution in [0.3, 0.4) is 0 Å². The van der Waals surface area contributed by atoms with Crippen LogP contribution in [0.4, 0.5) is 0 Å². The van der Waals surface area contributed by atoms with Crippen LogP contribution in [0.15, 0.2) is 18.2 Å². The normalized spacial score (nSPS) is 13.7. The van der Waals surface area contributed by atoms with Gasteiger partial charge in [-0.3, -0.25) is 0 Å². The van der Waals surface area contributed by atoms with E-state index >= 15 is 0 Å². The molecule has 1 aliphatic rings. The molecule has 2 heterocycles. The van der Waals surface area contributed by atoms with Crippen molar-refractivity contribution >= 4 is 11.6 Å². The van der Waals surface area contributed by atoms with Crippen molar-refractivity contribution in [2.45, 2.75) is 13.0 Å². The van der Waals surface area contributed by atoms with Crippen LogP contribution in [0.2, 0.25) is 5.15 Å². The number of aromatic nitrogens is 2. The summed E-state index contributed by atoms with van der Waals surface area (Å²) in [5.41, 5.74) is 2.56. The van der Waals surface area contributed by atoms with Crippen molar-refractivity contribution in [1.29, 1.82) is 0 Å². The predicted octanol–water partition coefficient (Wildman–Crippen LogP) is 2.89. The standard InChI is InChI=1S/C15H15ClN2O3/c1-19-9-3-4-13(20-2)10(7-9)15-17-12-5-6-21-8-11(12)14(16)18-15/h3-4,7H,5-6,8H2,1-2H3. The van der Waals surface area contributed by atoms with E-state index < -0.39 is 0 Å². The lowest BCUT2D eigenvalue weighted by molar-refractivity contribution is 0.109. The van der Waals surface area contributed by atoms with E-state index in [1.54, 1.807) is 14.2 Å². The molecule has 110 valence electrons. The Morgan fingerprint density at radius 2 is 2.05 bits per heavy atom. The van der Waals surface area contributed by atoms with Crippen molar-refractivity contribution in [3.63, 3.8) is 0 Å². The molecule has 0 radical (unpaired) electrons. The van der Waals surface area contributed by atoms with E-state index in [1.807, 2.05) is 18.2 Å². The van der Waals surface area contributed by atoms with Crippen LogP contribution < -0.4 is 9.47 Å². The number of ether oxygens (including phenoxy) is 3. The van der Waals surface area contributed by atoms with Gasteiger partial charge in [-0.05, 0) is 18.2 Å². The fourth-order valence-electron chi connectivity index (χ4n) is 2.30. The van der Waals surface area contributed by atoms with Crippen molar-refractivity contribution in [2.24, 2.45) is 0 Å². The third-order valence-corrected chi connectivity index (χ3v) is 3.73. The van der Waals surface area contributed by atoms with Gasteiger partial charge in [-0.25, -0.2) is 9.97 Å². The molecule has 1 aromatic carbocycles. The number of fused-ring (bicyclic) bond motifs is 1. The predicted molar refractivity (Wildman–Crippen MR) is 78.9 cm³/mol. The molecule has 2 aromatic rings. The van der Waals surface area contributed by atoms with Gasteiger partial charge in [0.25, 0.3) is 0 Å². The number of rotatable bonds is 3. The maximum Gasteiger partial charge on any atom is 0.165 e. The monoisotopic (exact) mass is 306 g/mol. The Kier molecular flexibility index (Phi) is 3.94. The summed E-state index contributed by atoms with van der Waals surface area (Å²) < 4.78 is 16.0. The largest absolute Gasteiger partial charge is 0.497 e. The summed E-state index contributed by atoms with van der Waals surface area (Å²) in [6.45, 7) is 1.11. The van der Waals surface area contributed by atoms with Crippen LogP contribution in [0.5, 0.6) is 11.5 Å². The maximum atomic E-state index is 6.26. The molecule has 1 aromatic heterocycles. The molecule has 0 N–H and O–H groups in total. The van der Waals surface area contributed by atoms with Gasteiger partial charge in [0.2, 0.25) is 0 Å². The molecule has 6 heteroatoms. The number of nitrogens with zero attached hydrogens (tertiary/aromatic N) is 2. The van der Waals surface area contributed by atoms with Crippen LogP contribution >= 0.6 is 11.6 Å². The molecule has 0 amide bonds. The van der Waals surface area contributed by atoms with Crippen LogP contribution in [-0.2, 0) is 17.8 Å². The Morgan fingerprint density at radius 3 is 2.81 bits per heavy atom. The van der Waals surface area contributed by atoms with Gasteiger partial charge in [0.1, 0.15) is 16.7 Å². The van der Waals surface area contributed by atoms with Gasteiger partial charge >= 0.3 is 0 Å². The van der Waals surface area contributed by atoms with Crippen LogP contribution in [0.1, 0.15) is 11.3 Å². The first-order chi connectivity index (χ1) is 10.2. The zero-order chi connectivity index (χ0) is 14.8. The first-order valence-corrected chi connectivity index (χ1v) is 6.96. The molecule has 1 aliphatic heterocycles. The Bertz CT molecular complexity index is 676. The van der Waals surface area contributed by atoms with Crippen LogP contribution in [0.25, 0.3) is 11.4 Å². The fraction of sp³-hybridized carbons (Fsp3) is 0.333. The maximum absolute atomic E-state index is 6.26. The minimum Gasteiger partial charge on any atom is -0.497 e. The van der Waals surface area contributed by atoms with Crippen LogP contribution in [0, 0.1) is 0 Å². The van der Waals surface area contributed by atoms with Gasteiger partial charge in [-0.1, -0.05) is 11.6 Å². The van der Waals surface area contributed by atoms with Crippen molar-refractivity contribution in [2.75, 3.05) is 20.8 Å². The molecular formula is C15H15ClN2O3. The van der Waals surface area contributed by atoms with Crippen molar-refractivity contribution < 1.29 is 14.2 Å². The smallest absolute Gasteiger partial charge is 0.165 e. The van der Waals surface area contributed by atoms with E-state index in [1.165, 1.54) is 0 Å². The van der Waals surface area contributed by atoms with Gasteiger partial charge in [0.05, 0.1) is 38.7 Å². The Labute approximate surface area is 127 Å². The van der Waals surface area contributed by atoms with Crippen molar-refractivity contribution in [1.82, 2.24) is 9.97 Å². The molecule has 0 atom stereocenters. The van der Waals surface area contributed by atoms with E-state index in [9.17, 15) is 0 Å². The summed E-state index contributed by atoms with van der Waals surface area (Å²) in [4.78, 5) is 9.00. The number of hydrogen-bond acceptors (Lipinski definition) is 5. The molecule has 5 nitrogen and oxygen atoms in total. The topological polar surface area (TPSA) is 53.5 Å². The van der Waals surface area contributed by atoms with E-state index in [0.29, 0.717) is 35.7 Å². The second-order valence-electron chi connectivity index (χ2n) is 4.63. The van der Waals surface area contributed by atoms with E-state index in [-0.39, 0.29) is 0 Å². The third-order valence-electron chi connectivity index (χ3n) is 3.42. The summed E-state index contributed by atoms with van der Waals surface area (Å²) in [7, 11) is 3.22. The lowest BCUT2D eigenvalue weighted by Crippen LogP contribution is -2.14. The summed E-state index contributed by atoms with van der Waals surface area (Å²) >= 11 is 6.26. The first-order valence-electron chi connectivity index (χ1n) is 6.58. The zero-order valence-electron chi connectivity index (χ0n) is 11.9. The lowest BCUT2D eigenvalue weighted by atomic mass is 10.1. The molecule has 0 bridgehead atoms. The highest BCUT2D eigenvalue weighted by atomic mass is 35.5. The third kappa shape index (κ3) is 2.66. The summed E-state index contributed by atoms with van der Waals surface area (Å²) in [6, 6.07) is 5.50. The number of halogens is 1. The summed E-state index contributed by atoms with van der Waals surface area (Å²) in [5.74, 6) is 1.93. The van der Waals surface area contributed by atoms with Gasteiger partial charge in [0, 0.05) is 12.0 Å². The Hall–Kier alpha value is -1.85. The van der Waals surface area contributed by atoms with Gasteiger partial charge in [-0.2, -0.15) is 0 Å². The minimum absolute atomic E-state index is 0.430. The zero-order valence-corrected chi connectivity index (χ0v) is 12.6.